The van der Waals surface area contributed by atoms with Gasteiger partial charge in [0.05, 0.1) is 19.8 Å². The Hall–Kier alpha value is -0.650. The standard InChI is InChI=1S/C16H32N2O3/c1-5-9-17-16(3,15(19)20-4)8-6-7-10-18-11-12-21-14(2)13-18/h14,17H,5-13H2,1-4H3. The molecule has 2 unspecified atom stereocenters. The van der Waals surface area contributed by atoms with Gasteiger partial charge in [-0.25, -0.2) is 0 Å². The summed E-state index contributed by atoms with van der Waals surface area (Å²) in [6.07, 6.45) is 4.30. The lowest BCUT2D eigenvalue weighted by Gasteiger charge is -2.32. The van der Waals surface area contributed by atoms with Crippen molar-refractivity contribution in [3.05, 3.63) is 0 Å². The zero-order chi connectivity index (χ0) is 15.7. The molecule has 0 aromatic rings. The largest absolute Gasteiger partial charge is 0.468 e. The van der Waals surface area contributed by atoms with Crippen LogP contribution in [0.5, 0.6) is 0 Å². The van der Waals surface area contributed by atoms with E-state index < -0.39 is 5.54 Å². The summed E-state index contributed by atoms with van der Waals surface area (Å²) in [4.78, 5) is 14.4. The van der Waals surface area contributed by atoms with Gasteiger partial charge in [0.2, 0.25) is 0 Å². The second-order valence-corrected chi connectivity index (χ2v) is 6.19. The lowest BCUT2D eigenvalue weighted by molar-refractivity contribution is -0.148. The number of nitrogens with one attached hydrogen (secondary N) is 1. The molecular weight excluding hydrogens is 268 g/mol. The topological polar surface area (TPSA) is 50.8 Å². The van der Waals surface area contributed by atoms with E-state index in [1.807, 2.05) is 6.92 Å². The zero-order valence-corrected chi connectivity index (χ0v) is 14.1. The van der Waals surface area contributed by atoms with Crippen LogP contribution in [0.15, 0.2) is 0 Å². The Morgan fingerprint density at radius 3 is 2.86 bits per heavy atom. The molecule has 1 N–H and O–H groups in total. The van der Waals surface area contributed by atoms with Gasteiger partial charge in [-0.3, -0.25) is 9.69 Å². The highest BCUT2D eigenvalue weighted by atomic mass is 16.5. The van der Waals surface area contributed by atoms with Crippen LogP contribution in [0.2, 0.25) is 0 Å². The summed E-state index contributed by atoms with van der Waals surface area (Å²) < 4.78 is 10.5. The van der Waals surface area contributed by atoms with Crippen molar-refractivity contribution < 1.29 is 14.3 Å². The second-order valence-electron chi connectivity index (χ2n) is 6.19. The zero-order valence-electron chi connectivity index (χ0n) is 14.1. The van der Waals surface area contributed by atoms with Gasteiger partial charge in [0.15, 0.2) is 0 Å². The number of carbonyl (C=O) groups is 1. The number of ether oxygens (including phenoxy) is 2. The van der Waals surface area contributed by atoms with E-state index in [1.54, 1.807) is 0 Å². The maximum Gasteiger partial charge on any atom is 0.325 e. The highest BCUT2D eigenvalue weighted by molar-refractivity contribution is 5.80. The molecule has 0 amide bonds. The number of methoxy groups -OCH3 is 1. The van der Waals surface area contributed by atoms with Crippen molar-refractivity contribution in [1.82, 2.24) is 10.2 Å². The highest BCUT2D eigenvalue weighted by Crippen LogP contribution is 2.17. The van der Waals surface area contributed by atoms with E-state index in [9.17, 15) is 4.79 Å². The van der Waals surface area contributed by atoms with Crippen LogP contribution in [-0.4, -0.2) is 62.4 Å². The molecule has 124 valence electrons. The smallest absolute Gasteiger partial charge is 0.325 e. The number of carbonyl (C=O) groups excluding carboxylic acids is 1. The Morgan fingerprint density at radius 1 is 1.48 bits per heavy atom. The summed E-state index contributed by atoms with van der Waals surface area (Å²) in [5.74, 6) is -0.157. The molecule has 0 bridgehead atoms. The molecule has 0 saturated carbocycles. The minimum absolute atomic E-state index is 0.157. The number of hydrogen-bond donors (Lipinski definition) is 1. The first-order valence-electron chi connectivity index (χ1n) is 8.19. The normalized spacial score (nSPS) is 22.8. The SMILES string of the molecule is CCCNC(C)(CCCCN1CCOC(C)C1)C(=O)OC. The third-order valence-corrected chi connectivity index (χ3v) is 4.13. The molecule has 1 heterocycles. The Labute approximate surface area is 129 Å². The Morgan fingerprint density at radius 2 is 2.24 bits per heavy atom. The van der Waals surface area contributed by atoms with Gasteiger partial charge >= 0.3 is 5.97 Å². The van der Waals surface area contributed by atoms with E-state index in [4.69, 9.17) is 9.47 Å². The van der Waals surface area contributed by atoms with Gasteiger partial charge in [-0.15, -0.1) is 0 Å². The van der Waals surface area contributed by atoms with Crippen LogP contribution in [0.4, 0.5) is 0 Å². The van der Waals surface area contributed by atoms with Gasteiger partial charge in [-0.1, -0.05) is 6.92 Å². The van der Waals surface area contributed by atoms with Gasteiger partial charge < -0.3 is 14.8 Å². The molecule has 21 heavy (non-hydrogen) atoms. The Balaban J connectivity index is 2.30. The van der Waals surface area contributed by atoms with Crippen LogP contribution in [0, 0.1) is 0 Å². The van der Waals surface area contributed by atoms with E-state index in [-0.39, 0.29) is 5.97 Å². The van der Waals surface area contributed by atoms with Crippen molar-refractivity contribution in [2.45, 2.75) is 58.1 Å². The third kappa shape index (κ3) is 6.32. The first-order valence-corrected chi connectivity index (χ1v) is 8.19. The minimum atomic E-state index is -0.553. The van der Waals surface area contributed by atoms with Crippen LogP contribution in [0.3, 0.4) is 0 Å². The van der Waals surface area contributed by atoms with Crippen LogP contribution in [0.1, 0.15) is 46.5 Å². The Kier molecular flexibility index (Phi) is 8.22. The molecule has 5 nitrogen and oxygen atoms in total. The number of esters is 1. The molecule has 0 aromatic carbocycles. The van der Waals surface area contributed by atoms with Gasteiger partial charge in [0.25, 0.3) is 0 Å². The maximum atomic E-state index is 12.0. The van der Waals surface area contributed by atoms with E-state index in [0.717, 1.165) is 58.5 Å². The summed E-state index contributed by atoms with van der Waals surface area (Å²) in [6, 6.07) is 0. The number of morpholine rings is 1. The molecule has 1 aliphatic heterocycles. The van der Waals surface area contributed by atoms with E-state index >= 15 is 0 Å². The lowest BCUT2D eigenvalue weighted by atomic mass is 9.94. The summed E-state index contributed by atoms with van der Waals surface area (Å²) in [6.45, 7) is 11.0. The molecule has 5 heteroatoms. The molecule has 0 aromatic heterocycles. The maximum absolute atomic E-state index is 12.0. The van der Waals surface area contributed by atoms with Gasteiger partial charge in [0, 0.05) is 13.1 Å². The number of nitrogens with zero attached hydrogens (tertiary/aromatic N) is 1. The van der Waals surface area contributed by atoms with E-state index in [0.29, 0.717) is 6.10 Å². The molecule has 0 aliphatic carbocycles. The van der Waals surface area contributed by atoms with Crippen molar-refractivity contribution in [3.8, 4) is 0 Å². The summed E-state index contributed by atoms with van der Waals surface area (Å²) in [7, 11) is 1.46. The first-order chi connectivity index (χ1) is 10.0. The molecular formula is C16H32N2O3. The molecule has 0 spiro atoms. The van der Waals surface area contributed by atoms with Crippen molar-refractivity contribution >= 4 is 5.97 Å². The predicted molar refractivity (Wildman–Crippen MR) is 84.4 cm³/mol. The van der Waals surface area contributed by atoms with Crippen LogP contribution in [0.25, 0.3) is 0 Å². The van der Waals surface area contributed by atoms with Crippen molar-refractivity contribution in [2.24, 2.45) is 0 Å². The second kappa shape index (κ2) is 9.38. The number of unbranched alkanes of at least 4 members (excludes halogenated alkanes) is 1. The fourth-order valence-corrected chi connectivity index (χ4v) is 2.80. The molecule has 0 radical (unpaired) electrons. The minimum Gasteiger partial charge on any atom is -0.468 e. The van der Waals surface area contributed by atoms with Crippen LogP contribution >= 0.6 is 0 Å². The fraction of sp³-hybridized carbons (Fsp3) is 0.938. The molecule has 2 atom stereocenters. The average Bonchev–Trinajstić information content (AvgIpc) is 2.49. The quantitative estimate of drug-likeness (QED) is 0.520. The van der Waals surface area contributed by atoms with Crippen molar-refractivity contribution in [3.63, 3.8) is 0 Å². The summed E-state index contributed by atoms with van der Waals surface area (Å²) >= 11 is 0. The number of hydrogen-bond acceptors (Lipinski definition) is 5. The summed E-state index contributed by atoms with van der Waals surface area (Å²) in [5, 5.41) is 3.33. The Bertz CT molecular complexity index is 312. The van der Waals surface area contributed by atoms with Gasteiger partial charge in [-0.2, -0.15) is 0 Å². The first kappa shape index (κ1) is 18.4. The molecule has 1 saturated heterocycles. The monoisotopic (exact) mass is 300 g/mol. The summed E-state index contributed by atoms with van der Waals surface area (Å²) in [5.41, 5.74) is -0.553. The lowest BCUT2D eigenvalue weighted by Crippen LogP contribution is -2.50. The third-order valence-electron chi connectivity index (χ3n) is 4.13. The highest BCUT2D eigenvalue weighted by Gasteiger charge is 2.32. The van der Waals surface area contributed by atoms with Crippen LogP contribution < -0.4 is 5.32 Å². The van der Waals surface area contributed by atoms with Gasteiger partial charge in [-0.05, 0) is 52.6 Å². The van der Waals surface area contributed by atoms with E-state index in [2.05, 4.69) is 24.1 Å². The molecule has 1 fully saturated rings. The van der Waals surface area contributed by atoms with E-state index in [1.165, 1.54) is 7.11 Å². The fourth-order valence-electron chi connectivity index (χ4n) is 2.80. The van der Waals surface area contributed by atoms with Crippen molar-refractivity contribution in [2.75, 3.05) is 39.9 Å². The number of rotatable bonds is 9. The van der Waals surface area contributed by atoms with Crippen LogP contribution in [-0.2, 0) is 14.3 Å². The van der Waals surface area contributed by atoms with Crippen molar-refractivity contribution in [1.29, 1.82) is 0 Å². The van der Waals surface area contributed by atoms with Gasteiger partial charge in [0.1, 0.15) is 5.54 Å². The molecule has 1 aliphatic rings. The predicted octanol–water partition coefficient (Wildman–Crippen LogP) is 1.81. The average molecular weight is 300 g/mol. The molecule has 1 rings (SSSR count).